The van der Waals surface area contributed by atoms with E-state index in [0.717, 1.165) is 16.8 Å². The normalized spacial score (nSPS) is 22.9. The Bertz CT molecular complexity index is 1420. The molecule has 0 aliphatic carbocycles. The second-order valence-electron chi connectivity index (χ2n) is 7.64. The maximum absolute atomic E-state index is 15.9. The van der Waals surface area contributed by atoms with Gasteiger partial charge in [-0.15, -0.1) is 0 Å². The molecule has 184 valence electrons. The van der Waals surface area contributed by atoms with Crippen LogP contribution in [0.25, 0.3) is 10.4 Å². The van der Waals surface area contributed by atoms with Gasteiger partial charge in [0.1, 0.15) is 6.61 Å². The molecule has 0 saturated carbocycles. The van der Waals surface area contributed by atoms with Crippen LogP contribution in [0.15, 0.2) is 87.6 Å². The van der Waals surface area contributed by atoms with Crippen molar-refractivity contribution in [3.8, 4) is 0 Å². The van der Waals surface area contributed by atoms with Crippen LogP contribution in [0.3, 0.4) is 0 Å². The van der Waals surface area contributed by atoms with Crippen molar-refractivity contribution >= 4 is 11.9 Å². The van der Waals surface area contributed by atoms with E-state index in [9.17, 15) is 19.2 Å². The van der Waals surface area contributed by atoms with Crippen LogP contribution in [0, 0.1) is 0 Å². The standard InChI is InChI=1S/C23H18FN5O7/c24-18-17(35-21(32)15-9-5-2-6-10-15)19(29-12-11-16(30)26-22(29)33)36-23(18,27-28-25)13-34-20(31)14-7-3-1-4-8-14/h1-12,17-19H,13H2,(H,26,30,33)/t17-,18+,19-,23-/m1/s1. The number of esters is 2. The molecule has 2 aromatic carbocycles. The molecule has 1 N–H and O–H groups in total. The van der Waals surface area contributed by atoms with E-state index in [1.807, 2.05) is 4.98 Å². The molecule has 1 saturated heterocycles. The average Bonchev–Trinajstić information content (AvgIpc) is 3.15. The van der Waals surface area contributed by atoms with E-state index in [-0.39, 0.29) is 11.1 Å². The van der Waals surface area contributed by atoms with Crippen LogP contribution in [0.2, 0.25) is 0 Å². The lowest BCUT2D eigenvalue weighted by Gasteiger charge is -2.24. The molecule has 1 aliphatic rings. The van der Waals surface area contributed by atoms with E-state index in [0.29, 0.717) is 0 Å². The van der Waals surface area contributed by atoms with Crippen molar-refractivity contribution in [2.24, 2.45) is 5.11 Å². The quantitative estimate of drug-likeness (QED) is 0.227. The van der Waals surface area contributed by atoms with E-state index >= 15 is 4.39 Å². The maximum atomic E-state index is 15.9. The predicted molar refractivity (Wildman–Crippen MR) is 121 cm³/mol. The highest BCUT2D eigenvalue weighted by atomic mass is 19.1. The highest BCUT2D eigenvalue weighted by Crippen LogP contribution is 2.42. The Morgan fingerprint density at radius 2 is 1.67 bits per heavy atom. The van der Waals surface area contributed by atoms with Crippen molar-refractivity contribution in [3.05, 3.63) is 115 Å². The number of halogens is 1. The SMILES string of the molecule is [N-]=[N+]=N[C@]1(COC(=O)c2ccccc2)O[C@@H](n2ccc(=O)[nH]c2=O)[C@H](OC(=O)c2ccccc2)[C@@H]1F. The summed E-state index contributed by atoms with van der Waals surface area (Å²) >= 11 is 0. The van der Waals surface area contributed by atoms with Crippen LogP contribution < -0.4 is 11.2 Å². The number of azide groups is 1. The molecule has 1 fully saturated rings. The van der Waals surface area contributed by atoms with Gasteiger partial charge >= 0.3 is 17.6 Å². The third-order valence-corrected chi connectivity index (χ3v) is 5.34. The van der Waals surface area contributed by atoms with Crippen LogP contribution >= 0.6 is 0 Å². The van der Waals surface area contributed by atoms with Crippen molar-refractivity contribution < 1.29 is 28.2 Å². The number of nitrogens with zero attached hydrogens (tertiary/aromatic N) is 4. The number of hydrogen-bond acceptors (Lipinski definition) is 8. The summed E-state index contributed by atoms with van der Waals surface area (Å²) in [5, 5.41) is 3.38. The summed E-state index contributed by atoms with van der Waals surface area (Å²) in [7, 11) is 0. The fraction of sp³-hybridized carbons (Fsp3) is 0.217. The molecule has 3 aromatic rings. The molecule has 1 aliphatic heterocycles. The van der Waals surface area contributed by atoms with Crippen molar-refractivity contribution in [2.75, 3.05) is 6.61 Å². The zero-order valence-electron chi connectivity index (χ0n) is 18.4. The molecule has 0 radical (unpaired) electrons. The highest BCUT2D eigenvalue weighted by molar-refractivity contribution is 5.90. The van der Waals surface area contributed by atoms with E-state index in [4.69, 9.17) is 19.7 Å². The van der Waals surface area contributed by atoms with Gasteiger partial charge in [0.05, 0.1) is 11.1 Å². The van der Waals surface area contributed by atoms with Gasteiger partial charge in [-0.2, -0.15) is 0 Å². The van der Waals surface area contributed by atoms with E-state index in [1.165, 1.54) is 24.3 Å². The van der Waals surface area contributed by atoms with E-state index < -0.39 is 54.0 Å². The minimum absolute atomic E-state index is 0.0778. The highest BCUT2D eigenvalue weighted by Gasteiger charge is 2.60. The summed E-state index contributed by atoms with van der Waals surface area (Å²) in [6, 6.07) is 16.4. The first kappa shape index (κ1) is 24.4. The number of ether oxygens (including phenoxy) is 3. The molecule has 1 aromatic heterocycles. The molecule has 4 rings (SSSR count). The Morgan fingerprint density at radius 3 is 2.25 bits per heavy atom. The van der Waals surface area contributed by atoms with E-state index in [2.05, 4.69) is 10.0 Å². The predicted octanol–water partition coefficient (Wildman–Crippen LogP) is 2.49. The summed E-state index contributed by atoms with van der Waals surface area (Å²) in [5.41, 5.74) is 5.12. The lowest BCUT2D eigenvalue weighted by atomic mass is 10.1. The first-order chi connectivity index (χ1) is 17.3. The topological polar surface area (TPSA) is 165 Å². The number of carbonyl (C=O) groups is 2. The fourth-order valence-electron chi connectivity index (χ4n) is 3.59. The second kappa shape index (κ2) is 10.3. The number of alkyl halides is 1. The van der Waals surface area contributed by atoms with Gasteiger partial charge in [0.15, 0.2) is 18.5 Å². The van der Waals surface area contributed by atoms with Gasteiger partial charge in [0.25, 0.3) is 5.56 Å². The van der Waals surface area contributed by atoms with Crippen molar-refractivity contribution in [1.82, 2.24) is 9.55 Å². The number of nitrogens with one attached hydrogen (secondary N) is 1. The number of rotatable bonds is 7. The Hall–Kier alpha value is -4.74. The van der Waals surface area contributed by atoms with Crippen molar-refractivity contribution in [2.45, 2.75) is 24.2 Å². The lowest BCUT2D eigenvalue weighted by Crippen LogP contribution is -2.44. The number of hydrogen-bond donors (Lipinski definition) is 1. The maximum Gasteiger partial charge on any atom is 0.338 e. The largest absolute Gasteiger partial charge is 0.459 e. The summed E-state index contributed by atoms with van der Waals surface area (Å²) < 4.78 is 32.8. The van der Waals surface area contributed by atoms with Crippen molar-refractivity contribution in [3.63, 3.8) is 0 Å². The molecule has 4 atom stereocenters. The molecule has 13 heteroatoms. The number of aromatic amines is 1. The number of carbonyl (C=O) groups excluding carboxylic acids is 2. The minimum Gasteiger partial charge on any atom is -0.459 e. The Morgan fingerprint density at radius 1 is 1.06 bits per heavy atom. The van der Waals surface area contributed by atoms with Crippen LogP contribution in [0.1, 0.15) is 26.9 Å². The van der Waals surface area contributed by atoms with E-state index in [1.54, 1.807) is 36.4 Å². The second-order valence-corrected chi connectivity index (χ2v) is 7.64. The Kier molecular flexibility index (Phi) is 6.95. The summed E-state index contributed by atoms with van der Waals surface area (Å²) in [5.74, 6) is -1.81. The summed E-state index contributed by atoms with van der Waals surface area (Å²) in [6.07, 6.45) is -4.89. The summed E-state index contributed by atoms with van der Waals surface area (Å²) in [4.78, 5) is 53.7. The van der Waals surface area contributed by atoms with Gasteiger partial charge in [-0.1, -0.05) is 41.5 Å². The zero-order chi connectivity index (χ0) is 25.7. The lowest BCUT2D eigenvalue weighted by molar-refractivity contribution is -0.119. The Balaban J connectivity index is 1.69. The minimum atomic E-state index is -2.50. The molecular weight excluding hydrogens is 477 g/mol. The average molecular weight is 495 g/mol. The Labute approximate surface area is 201 Å². The van der Waals surface area contributed by atoms with Crippen molar-refractivity contribution in [1.29, 1.82) is 0 Å². The molecule has 36 heavy (non-hydrogen) atoms. The van der Waals surface area contributed by atoms with Crippen LogP contribution in [-0.2, 0) is 14.2 Å². The van der Waals surface area contributed by atoms with Gasteiger partial charge in [-0.05, 0) is 29.8 Å². The molecule has 12 nitrogen and oxygen atoms in total. The third kappa shape index (κ3) is 4.87. The fourth-order valence-corrected chi connectivity index (χ4v) is 3.59. The first-order valence-corrected chi connectivity index (χ1v) is 10.5. The van der Waals surface area contributed by atoms with Crippen LogP contribution in [0.4, 0.5) is 4.39 Å². The van der Waals surface area contributed by atoms with Gasteiger partial charge in [0, 0.05) is 17.2 Å². The van der Waals surface area contributed by atoms with Crippen LogP contribution in [-0.4, -0.2) is 46.1 Å². The number of aromatic nitrogens is 2. The molecule has 0 unspecified atom stereocenters. The van der Waals surface area contributed by atoms with Gasteiger partial charge in [-0.3, -0.25) is 14.3 Å². The zero-order valence-corrected chi connectivity index (χ0v) is 18.4. The number of H-pyrrole nitrogens is 1. The number of benzene rings is 2. The molecule has 2 heterocycles. The molecule has 0 amide bonds. The molecule has 0 bridgehead atoms. The summed E-state index contributed by atoms with van der Waals surface area (Å²) in [6.45, 7) is -0.903. The van der Waals surface area contributed by atoms with Gasteiger partial charge < -0.3 is 14.2 Å². The van der Waals surface area contributed by atoms with Crippen LogP contribution in [0.5, 0.6) is 0 Å². The van der Waals surface area contributed by atoms with Gasteiger partial charge in [0.2, 0.25) is 5.72 Å². The third-order valence-electron chi connectivity index (χ3n) is 5.34. The molecular formula is C23H18FN5O7. The molecule has 0 spiro atoms. The monoisotopic (exact) mass is 495 g/mol. The first-order valence-electron chi connectivity index (χ1n) is 10.5. The van der Waals surface area contributed by atoms with Gasteiger partial charge in [-0.25, -0.2) is 18.8 Å². The smallest absolute Gasteiger partial charge is 0.338 e.